The SMILES string of the molecule is CC(NC(=O)c1ccccc1)C(=O)Nc1ccccc1N1CCc2sccc2C1. The molecule has 1 unspecified atom stereocenters. The first-order chi connectivity index (χ1) is 14.1. The molecule has 0 aliphatic carbocycles. The molecule has 4 rings (SSSR count). The second kappa shape index (κ2) is 8.49. The predicted molar refractivity (Wildman–Crippen MR) is 118 cm³/mol. The Bertz CT molecular complexity index is 1020. The van der Waals surface area contributed by atoms with Crippen molar-refractivity contribution in [1.82, 2.24) is 5.32 Å². The van der Waals surface area contributed by atoms with Crippen molar-refractivity contribution in [1.29, 1.82) is 0 Å². The van der Waals surface area contributed by atoms with E-state index < -0.39 is 6.04 Å². The van der Waals surface area contributed by atoms with Gasteiger partial charge in [0, 0.05) is 23.5 Å². The summed E-state index contributed by atoms with van der Waals surface area (Å²) < 4.78 is 0. The Morgan fingerprint density at radius 3 is 2.62 bits per heavy atom. The molecule has 2 heterocycles. The van der Waals surface area contributed by atoms with Crippen LogP contribution in [-0.2, 0) is 17.8 Å². The molecule has 1 aliphatic heterocycles. The third-order valence-electron chi connectivity index (χ3n) is 5.09. The van der Waals surface area contributed by atoms with Gasteiger partial charge >= 0.3 is 0 Å². The molecule has 148 valence electrons. The summed E-state index contributed by atoms with van der Waals surface area (Å²) in [5.74, 6) is -0.502. The molecule has 2 aromatic carbocycles. The largest absolute Gasteiger partial charge is 0.365 e. The highest BCUT2D eigenvalue weighted by atomic mass is 32.1. The average Bonchev–Trinajstić information content (AvgIpc) is 3.22. The molecule has 0 spiro atoms. The van der Waals surface area contributed by atoms with Gasteiger partial charge in [0.15, 0.2) is 0 Å². The van der Waals surface area contributed by atoms with Crippen LogP contribution >= 0.6 is 11.3 Å². The van der Waals surface area contributed by atoms with Gasteiger partial charge in [-0.25, -0.2) is 0 Å². The van der Waals surface area contributed by atoms with Gasteiger partial charge in [-0.2, -0.15) is 0 Å². The van der Waals surface area contributed by atoms with E-state index in [1.165, 1.54) is 10.4 Å². The monoisotopic (exact) mass is 405 g/mol. The number of hydrogen-bond acceptors (Lipinski definition) is 4. The molecule has 6 heteroatoms. The number of nitrogens with one attached hydrogen (secondary N) is 2. The van der Waals surface area contributed by atoms with Gasteiger partial charge < -0.3 is 15.5 Å². The highest BCUT2D eigenvalue weighted by molar-refractivity contribution is 7.10. The van der Waals surface area contributed by atoms with E-state index in [0.29, 0.717) is 5.56 Å². The fourth-order valence-electron chi connectivity index (χ4n) is 3.49. The zero-order chi connectivity index (χ0) is 20.2. The van der Waals surface area contributed by atoms with Gasteiger partial charge in [0.1, 0.15) is 6.04 Å². The summed E-state index contributed by atoms with van der Waals surface area (Å²) in [6.07, 6.45) is 1.01. The standard InChI is InChI=1S/C23H23N3O2S/c1-16(24-23(28)17-7-3-2-4-8-17)22(27)25-19-9-5-6-10-20(19)26-13-11-21-18(15-26)12-14-29-21/h2-10,12,14,16H,11,13,15H2,1H3,(H,24,28)(H,25,27). The zero-order valence-electron chi connectivity index (χ0n) is 16.2. The molecule has 1 aliphatic rings. The van der Waals surface area contributed by atoms with Crippen molar-refractivity contribution in [2.24, 2.45) is 0 Å². The van der Waals surface area contributed by atoms with Gasteiger partial charge in [-0.1, -0.05) is 30.3 Å². The summed E-state index contributed by atoms with van der Waals surface area (Å²) in [7, 11) is 0. The summed E-state index contributed by atoms with van der Waals surface area (Å²) in [5, 5.41) is 7.89. The molecule has 1 atom stereocenters. The maximum atomic E-state index is 12.7. The molecule has 0 saturated carbocycles. The molecule has 2 amide bonds. The maximum Gasteiger partial charge on any atom is 0.251 e. The Labute approximate surface area is 174 Å². The van der Waals surface area contributed by atoms with Gasteiger partial charge in [0.2, 0.25) is 5.91 Å². The molecule has 5 nitrogen and oxygen atoms in total. The minimum Gasteiger partial charge on any atom is -0.365 e. The van der Waals surface area contributed by atoms with E-state index in [2.05, 4.69) is 27.0 Å². The first-order valence-corrected chi connectivity index (χ1v) is 10.6. The second-order valence-corrected chi connectivity index (χ2v) is 8.11. The summed E-state index contributed by atoms with van der Waals surface area (Å²) in [6, 6.07) is 18.2. The van der Waals surface area contributed by atoms with Crippen LogP contribution in [0.5, 0.6) is 0 Å². The van der Waals surface area contributed by atoms with Crippen molar-refractivity contribution in [2.45, 2.75) is 25.9 Å². The third-order valence-corrected chi connectivity index (χ3v) is 6.11. The number of anilines is 2. The molecule has 29 heavy (non-hydrogen) atoms. The molecule has 0 bridgehead atoms. The van der Waals surface area contributed by atoms with Gasteiger partial charge in [-0.15, -0.1) is 11.3 Å². The van der Waals surface area contributed by atoms with Crippen LogP contribution in [0.15, 0.2) is 66.0 Å². The number of nitrogens with zero attached hydrogens (tertiary/aromatic N) is 1. The number of fused-ring (bicyclic) bond motifs is 1. The average molecular weight is 406 g/mol. The second-order valence-electron chi connectivity index (χ2n) is 7.11. The Hall–Kier alpha value is -3.12. The third kappa shape index (κ3) is 4.32. The summed E-state index contributed by atoms with van der Waals surface area (Å²) in [4.78, 5) is 28.8. The van der Waals surface area contributed by atoms with Gasteiger partial charge in [0.25, 0.3) is 5.91 Å². The van der Waals surface area contributed by atoms with E-state index in [1.807, 2.05) is 41.7 Å². The topological polar surface area (TPSA) is 61.4 Å². The Morgan fingerprint density at radius 1 is 1.03 bits per heavy atom. The molecule has 0 fully saturated rings. The smallest absolute Gasteiger partial charge is 0.251 e. The van der Waals surface area contributed by atoms with E-state index in [1.54, 1.807) is 31.2 Å². The van der Waals surface area contributed by atoms with Crippen LogP contribution < -0.4 is 15.5 Å². The molecule has 0 saturated heterocycles. The normalized spacial score (nSPS) is 14.0. The van der Waals surface area contributed by atoms with Crippen LogP contribution in [0, 0.1) is 0 Å². The van der Waals surface area contributed by atoms with Crippen LogP contribution in [0.3, 0.4) is 0 Å². The highest BCUT2D eigenvalue weighted by Crippen LogP contribution is 2.32. The van der Waals surface area contributed by atoms with E-state index in [-0.39, 0.29) is 11.8 Å². The Kier molecular flexibility index (Phi) is 5.62. The van der Waals surface area contributed by atoms with Crippen LogP contribution in [0.25, 0.3) is 0 Å². The Balaban J connectivity index is 1.44. The zero-order valence-corrected chi connectivity index (χ0v) is 17.0. The summed E-state index contributed by atoms with van der Waals surface area (Å²) >= 11 is 1.81. The summed E-state index contributed by atoms with van der Waals surface area (Å²) in [5.41, 5.74) is 3.65. The molecule has 2 N–H and O–H groups in total. The number of amides is 2. The fourth-order valence-corrected chi connectivity index (χ4v) is 4.37. The minimum absolute atomic E-state index is 0.241. The lowest BCUT2D eigenvalue weighted by Crippen LogP contribution is -2.42. The first kappa shape index (κ1) is 19.2. The molecular weight excluding hydrogens is 382 g/mol. The molecular formula is C23H23N3O2S. The lowest BCUT2D eigenvalue weighted by molar-refractivity contribution is -0.117. The maximum absolute atomic E-state index is 12.7. The Morgan fingerprint density at radius 2 is 1.79 bits per heavy atom. The van der Waals surface area contributed by atoms with E-state index in [4.69, 9.17) is 0 Å². The van der Waals surface area contributed by atoms with Gasteiger partial charge in [0.05, 0.1) is 11.4 Å². The molecule has 1 aromatic heterocycles. The number of rotatable bonds is 5. The molecule has 0 radical (unpaired) electrons. The van der Waals surface area contributed by atoms with Crippen molar-refractivity contribution in [2.75, 3.05) is 16.8 Å². The van der Waals surface area contributed by atoms with E-state index >= 15 is 0 Å². The number of para-hydroxylation sites is 2. The van der Waals surface area contributed by atoms with Crippen molar-refractivity contribution < 1.29 is 9.59 Å². The number of benzene rings is 2. The fraction of sp³-hybridized carbons (Fsp3) is 0.217. The van der Waals surface area contributed by atoms with Crippen molar-refractivity contribution in [3.05, 3.63) is 82.0 Å². The van der Waals surface area contributed by atoms with Crippen LogP contribution in [0.4, 0.5) is 11.4 Å². The van der Waals surface area contributed by atoms with Gasteiger partial charge in [-0.05, 0) is 54.6 Å². The highest BCUT2D eigenvalue weighted by Gasteiger charge is 2.22. The van der Waals surface area contributed by atoms with Crippen molar-refractivity contribution >= 4 is 34.5 Å². The van der Waals surface area contributed by atoms with Crippen molar-refractivity contribution in [3.8, 4) is 0 Å². The van der Waals surface area contributed by atoms with Crippen LogP contribution in [0.1, 0.15) is 27.7 Å². The van der Waals surface area contributed by atoms with Crippen molar-refractivity contribution in [3.63, 3.8) is 0 Å². The first-order valence-electron chi connectivity index (χ1n) is 9.68. The number of hydrogen-bond donors (Lipinski definition) is 2. The van der Waals surface area contributed by atoms with E-state index in [0.717, 1.165) is 30.9 Å². The van der Waals surface area contributed by atoms with Crippen LogP contribution in [0.2, 0.25) is 0 Å². The lowest BCUT2D eigenvalue weighted by Gasteiger charge is -2.31. The van der Waals surface area contributed by atoms with E-state index in [9.17, 15) is 9.59 Å². The predicted octanol–water partition coefficient (Wildman–Crippen LogP) is 4.07. The van der Waals surface area contributed by atoms with Gasteiger partial charge in [-0.3, -0.25) is 9.59 Å². The number of thiophene rings is 1. The number of carbonyl (C=O) groups excluding carboxylic acids is 2. The minimum atomic E-state index is -0.652. The number of carbonyl (C=O) groups is 2. The molecule has 3 aromatic rings. The quantitative estimate of drug-likeness (QED) is 0.673. The summed E-state index contributed by atoms with van der Waals surface area (Å²) in [6.45, 7) is 3.45. The lowest BCUT2D eigenvalue weighted by atomic mass is 10.1. The van der Waals surface area contributed by atoms with Crippen LogP contribution in [-0.4, -0.2) is 24.4 Å².